The molecule has 1 aromatic carbocycles. The maximum Gasteiger partial charge on any atom is 0.165 e. The standard InChI is InChI=1S/C10H11F4N/c1-10(2,15)4-5-8(13)6(11)3-7(12)9(5)14/h3H,4,15H2,1-2H3. The second-order valence-corrected chi connectivity index (χ2v) is 4.11. The molecule has 0 aliphatic rings. The van der Waals surface area contributed by atoms with Gasteiger partial charge in [-0.2, -0.15) is 0 Å². The Kier molecular flexibility index (Phi) is 3.04. The normalized spacial score (nSPS) is 11.9. The van der Waals surface area contributed by atoms with Crippen LogP contribution in [0.3, 0.4) is 0 Å². The monoisotopic (exact) mass is 221 g/mol. The number of hydrogen-bond donors (Lipinski definition) is 1. The van der Waals surface area contributed by atoms with E-state index in [1.807, 2.05) is 0 Å². The highest BCUT2D eigenvalue weighted by molar-refractivity contribution is 5.24. The third-order valence-electron chi connectivity index (χ3n) is 1.84. The smallest absolute Gasteiger partial charge is 0.165 e. The van der Waals surface area contributed by atoms with Crippen LogP contribution in [0.15, 0.2) is 6.07 Å². The van der Waals surface area contributed by atoms with Crippen LogP contribution < -0.4 is 5.73 Å². The van der Waals surface area contributed by atoms with Gasteiger partial charge in [0, 0.05) is 17.2 Å². The van der Waals surface area contributed by atoms with Crippen molar-refractivity contribution in [3.05, 3.63) is 34.9 Å². The Morgan fingerprint density at radius 1 is 1.07 bits per heavy atom. The first kappa shape index (κ1) is 12.0. The van der Waals surface area contributed by atoms with Gasteiger partial charge in [-0.05, 0) is 20.3 Å². The Morgan fingerprint density at radius 3 is 1.80 bits per heavy atom. The predicted octanol–water partition coefficient (Wildman–Crippen LogP) is 2.52. The lowest BCUT2D eigenvalue weighted by atomic mass is 9.95. The molecule has 2 N–H and O–H groups in total. The number of benzene rings is 1. The van der Waals surface area contributed by atoms with Crippen molar-refractivity contribution in [2.24, 2.45) is 5.73 Å². The fourth-order valence-electron chi connectivity index (χ4n) is 1.23. The van der Waals surface area contributed by atoms with E-state index in [-0.39, 0.29) is 12.5 Å². The average molecular weight is 221 g/mol. The van der Waals surface area contributed by atoms with Crippen LogP contribution in [0.4, 0.5) is 17.6 Å². The summed E-state index contributed by atoms with van der Waals surface area (Å²) in [6.07, 6.45) is -0.278. The second-order valence-electron chi connectivity index (χ2n) is 4.11. The molecule has 0 saturated carbocycles. The van der Waals surface area contributed by atoms with Gasteiger partial charge < -0.3 is 5.73 Å². The molecule has 1 nitrogen and oxygen atoms in total. The van der Waals surface area contributed by atoms with Gasteiger partial charge in [-0.3, -0.25) is 0 Å². The van der Waals surface area contributed by atoms with Crippen LogP contribution in [-0.4, -0.2) is 5.54 Å². The highest BCUT2D eigenvalue weighted by Crippen LogP contribution is 2.22. The topological polar surface area (TPSA) is 26.0 Å². The van der Waals surface area contributed by atoms with Crippen molar-refractivity contribution in [3.63, 3.8) is 0 Å². The van der Waals surface area contributed by atoms with E-state index in [1.165, 1.54) is 13.8 Å². The lowest BCUT2D eigenvalue weighted by molar-refractivity contribution is 0.416. The molecule has 0 bridgehead atoms. The molecule has 0 fully saturated rings. The third-order valence-corrected chi connectivity index (χ3v) is 1.84. The number of halogens is 4. The van der Waals surface area contributed by atoms with Crippen molar-refractivity contribution in [2.45, 2.75) is 25.8 Å². The quantitative estimate of drug-likeness (QED) is 0.602. The fourth-order valence-corrected chi connectivity index (χ4v) is 1.23. The van der Waals surface area contributed by atoms with Gasteiger partial charge >= 0.3 is 0 Å². The summed E-state index contributed by atoms with van der Waals surface area (Å²) in [5, 5.41) is 0. The SMILES string of the molecule is CC(C)(N)Cc1c(F)c(F)cc(F)c1F. The third kappa shape index (κ3) is 2.68. The van der Waals surface area contributed by atoms with E-state index in [0.29, 0.717) is 0 Å². The van der Waals surface area contributed by atoms with Crippen LogP contribution in [0, 0.1) is 23.3 Å². The van der Waals surface area contributed by atoms with Gasteiger partial charge in [-0.1, -0.05) is 0 Å². The van der Waals surface area contributed by atoms with Gasteiger partial charge in [-0.25, -0.2) is 17.6 Å². The molecule has 5 heteroatoms. The first-order valence-corrected chi connectivity index (χ1v) is 4.33. The minimum atomic E-state index is -1.41. The molecule has 0 aliphatic carbocycles. The maximum absolute atomic E-state index is 13.1. The molecule has 0 aliphatic heterocycles. The molecule has 0 spiro atoms. The summed E-state index contributed by atoms with van der Waals surface area (Å²) in [6, 6.07) is 0.178. The molecule has 0 unspecified atom stereocenters. The summed E-state index contributed by atoms with van der Waals surface area (Å²) in [5.41, 5.74) is 3.93. The summed E-state index contributed by atoms with van der Waals surface area (Å²) < 4.78 is 51.8. The van der Waals surface area contributed by atoms with E-state index >= 15 is 0 Å². The molecule has 1 rings (SSSR count). The zero-order chi connectivity index (χ0) is 11.8. The molecular formula is C10H11F4N. The predicted molar refractivity (Wildman–Crippen MR) is 48.2 cm³/mol. The Balaban J connectivity index is 3.27. The number of rotatable bonds is 2. The van der Waals surface area contributed by atoms with E-state index < -0.39 is 34.4 Å². The molecule has 0 saturated heterocycles. The van der Waals surface area contributed by atoms with Crippen molar-refractivity contribution >= 4 is 0 Å². The lowest BCUT2D eigenvalue weighted by Gasteiger charge is -2.19. The van der Waals surface area contributed by atoms with Crippen LogP contribution in [0.2, 0.25) is 0 Å². The molecule has 1 aromatic rings. The molecule has 0 atom stereocenters. The summed E-state index contributed by atoms with van der Waals surface area (Å²) >= 11 is 0. The number of hydrogen-bond acceptors (Lipinski definition) is 1. The van der Waals surface area contributed by atoms with Crippen molar-refractivity contribution in [1.82, 2.24) is 0 Å². The van der Waals surface area contributed by atoms with Crippen LogP contribution in [0.1, 0.15) is 19.4 Å². The molecule has 0 aromatic heterocycles. The Labute approximate surface area is 84.9 Å². The highest BCUT2D eigenvalue weighted by atomic mass is 19.2. The first-order valence-electron chi connectivity index (χ1n) is 4.33. The molecule has 84 valence electrons. The first-order chi connectivity index (χ1) is 6.72. The van der Waals surface area contributed by atoms with Gasteiger partial charge in [0.05, 0.1) is 0 Å². The largest absolute Gasteiger partial charge is 0.325 e. The van der Waals surface area contributed by atoms with E-state index in [9.17, 15) is 17.6 Å². The average Bonchev–Trinajstić information content (AvgIpc) is 2.08. The minimum Gasteiger partial charge on any atom is -0.325 e. The minimum absolute atomic E-state index is 0.178. The molecule has 0 amide bonds. The van der Waals surface area contributed by atoms with Gasteiger partial charge in [0.25, 0.3) is 0 Å². The van der Waals surface area contributed by atoms with E-state index in [2.05, 4.69) is 0 Å². The molecular weight excluding hydrogens is 210 g/mol. The van der Waals surface area contributed by atoms with E-state index in [4.69, 9.17) is 5.73 Å². The van der Waals surface area contributed by atoms with Gasteiger partial charge in [0.2, 0.25) is 0 Å². The van der Waals surface area contributed by atoms with Gasteiger partial charge in [0.15, 0.2) is 23.3 Å². The summed E-state index contributed by atoms with van der Waals surface area (Å²) in [4.78, 5) is 0. The van der Waals surface area contributed by atoms with Crippen LogP contribution in [-0.2, 0) is 6.42 Å². The van der Waals surface area contributed by atoms with Crippen LogP contribution in [0.25, 0.3) is 0 Å². The van der Waals surface area contributed by atoms with Crippen LogP contribution >= 0.6 is 0 Å². The molecule has 0 heterocycles. The summed E-state index contributed by atoms with van der Waals surface area (Å²) in [6.45, 7) is 3.02. The van der Waals surface area contributed by atoms with Crippen molar-refractivity contribution in [2.75, 3.05) is 0 Å². The second kappa shape index (κ2) is 3.81. The van der Waals surface area contributed by atoms with Gasteiger partial charge in [-0.15, -0.1) is 0 Å². The Bertz CT molecular complexity index is 356. The Morgan fingerprint density at radius 2 is 1.47 bits per heavy atom. The van der Waals surface area contributed by atoms with E-state index in [0.717, 1.165) is 0 Å². The summed E-state index contributed by atoms with van der Waals surface area (Å²) in [7, 11) is 0. The van der Waals surface area contributed by atoms with Crippen molar-refractivity contribution in [1.29, 1.82) is 0 Å². The van der Waals surface area contributed by atoms with Crippen molar-refractivity contribution < 1.29 is 17.6 Å². The zero-order valence-corrected chi connectivity index (χ0v) is 8.37. The van der Waals surface area contributed by atoms with E-state index in [1.54, 1.807) is 0 Å². The number of nitrogens with two attached hydrogens (primary N) is 1. The maximum atomic E-state index is 13.1. The Hall–Kier alpha value is -1.10. The zero-order valence-electron chi connectivity index (χ0n) is 8.37. The fraction of sp³-hybridized carbons (Fsp3) is 0.400. The lowest BCUT2D eigenvalue weighted by Crippen LogP contribution is -2.35. The highest BCUT2D eigenvalue weighted by Gasteiger charge is 2.23. The molecule has 15 heavy (non-hydrogen) atoms. The van der Waals surface area contributed by atoms with Gasteiger partial charge in [0.1, 0.15) is 0 Å². The molecule has 0 radical (unpaired) electrons. The van der Waals surface area contributed by atoms with Crippen LogP contribution in [0.5, 0.6) is 0 Å². The van der Waals surface area contributed by atoms with Crippen molar-refractivity contribution in [3.8, 4) is 0 Å². The summed E-state index contributed by atoms with van der Waals surface area (Å²) in [5.74, 6) is -5.58.